The molecule has 5 heteroatoms. The summed E-state index contributed by atoms with van der Waals surface area (Å²) in [7, 11) is 0. The number of para-hydroxylation sites is 1. The minimum absolute atomic E-state index is 0.0793. The van der Waals surface area contributed by atoms with Crippen LogP contribution in [-0.2, 0) is 9.59 Å². The largest absolute Gasteiger partial charge is 0.507 e. The molecule has 0 bridgehead atoms. The van der Waals surface area contributed by atoms with Crippen LogP contribution >= 0.6 is 0 Å². The molecule has 35 heavy (non-hydrogen) atoms. The lowest BCUT2D eigenvalue weighted by Gasteiger charge is -2.25. The fourth-order valence-corrected chi connectivity index (χ4v) is 4.91. The van der Waals surface area contributed by atoms with Crippen molar-refractivity contribution in [1.82, 2.24) is 4.98 Å². The number of hydrogen-bond acceptors (Lipinski definition) is 3. The van der Waals surface area contributed by atoms with Gasteiger partial charge in [0.1, 0.15) is 5.76 Å². The number of fused-ring (bicyclic) bond motifs is 2. The van der Waals surface area contributed by atoms with E-state index in [9.17, 15) is 14.7 Å². The van der Waals surface area contributed by atoms with Gasteiger partial charge in [-0.2, -0.15) is 0 Å². The van der Waals surface area contributed by atoms with Gasteiger partial charge in [0.05, 0.1) is 11.6 Å². The number of carbonyl (C=O) groups excluding carboxylic acids is 2. The van der Waals surface area contributed by atoms with E-state index in [4.69, 9.17) is 0 Å². The molecule has 0 aliphatic carbocycles. The molecular formula is C30H22N2O3. The number of Topliss-reactive ketones (excluding diaryl/α,β-unsaturated/α-hetero) is 1. The number of aryl methyl sites for hydroxylation is 1. The van der Waals surface area contributed by atoms with Gasteiger partial charge in [0.15, 0.2) is 0 Å². The predicted molar refractivity (Wildman–Crippen MR) is 138 cm³/mol. The Kier molecular flexibility index (Phi) is 4.78. The maximum absolute atomic E-state index is 13.5. The first-order valence-electron chi connectivity index (χ1n) is 11.5. The number of H-pyrrole nitrogens is 1. The fourth-order valence-electron chi connectivity index (χ4n) is 4.91. The number of amides is 1. The maximum atomic E-state index is 13.5. The van der Waals surface area contributed by atoms with Gasteiger partial charge in [0.2, 0.25) is 0 Å². The number of aromatic amines is 1. The lowest BCUT2D eigenvalue weighted by atomic mass is 9.94. The number of aliphatic hydroxyl groups excluding tert-OH is 1. The van der Waals surface area contributed by atoms with Gasteiger partial charge < -0.3 is 10.1 Å². The lowest BCUT2D eigenvalue weighted by Crippen LogP contribution is -2.29. The van der Waals surface area contributed by atoms with Crippen molar-refractivity contribution in [3.8, 4) is 0 Å². The SMILES string of the molecule is Cc1ccc(N2C(=O)C(=O)/C(=C(/O)c3ccc4ccccc4c3)C2c2c[nH]c3ccccc23)cc1. The number of anilines is 1. The summed E-state index contributed by atoms with van der Waals surface area (Å²) in [4.78, 5) is 31.6. The first-order chi connectivity index (χ1) is 17.0. The van der Waals surface area contributed by atoms with E-state index in [0.717, 1.165) is 32.8 Å². The van der Waals surface area contributed by atoms with Crippen molar-refractivity contribution in [3.05, 3.63) is 119 Å². The van der Waals surface area contributed by atoms with Crippen LogP contribution in [0.1, 0.15) is 22.7 Å². The summed E-state index contributed by atoms with van der Waals surface area (Å²) in [6.07, 6.45) is 1.82. The van der Waals surface area contributed by atoms with Crippen molar-refractivity contribution in [2.45, 2.75) is 13.0 Å². The smallest absolute Gasteiger partial charge is 0.300 e. The van der Waals surface area contributed by atoms with E-state index < -0.39 is 17.7 Å². The second kappa shape index (κ2) is 7.99. The van der Waals surface area contributed by atoms with Gasteiger partial charge in [-0.15, -0.1) is 0 Å². The standard InChI is InChI=1S/C30H22N2O3/c1-18-10-14-22(15-11-18)32-27(24-17-31-25-9-5-4-8-23(24)25)26(29(34)30(32)35)28(33)21-13-12-19-6-2-3-7-20(19)16-21/h2-17,27,31,33H,1H3/b28-26+. The van der Waals surface area contributed by atoms with Crippen molar-refractivity contribution < 1.29 is 14.7 Å². The van der Waals surface area contributed by atoms with E-state index in [1.165, 1.54) is 4.90 Å². The van der Waals surface area contributed by atoms with Crippen LogP contribution in [0.2, 0.25) is 0 Å². The molecule has 2 N–H and O–H groups in total. The van der Waals surface area contributed by atoms with Gasteiger partial charge in [0.25, 0.3) is 11.7 Å². The predicted octanol–water partition coefficient (Wildman–Crippen LogP) is 6.26. The molecule has 1 aliphatic rings. The Morgan fingerprint density at radius 2 is 1.57 bits per heavy atom. The first-order valence-corrected chi connectivity index (χ1v) is 11.5. The van der Waals surface area contributed by atoms with Crippen molar-refractivity contribution in [2.24, 2.45) is 0 Å². The average Bonchev–Trinajstić information content (AvgIpc) is 3.42. The van der Waals surface area contributed by atoms with Crippen LogP contribution in [0.15, 0.2) is 103 Å². The van der Waals surface area contributed by atoms with Gasteiger partial charge in [-0.25, -0.2) is 0 Å². The lowest BCUT2D eigenvalue weighted by molar-refractivity contribution is -0.132. The zero-order chi connectivity index (χ0) is 24.1. The van der Waals surface area contributed by atoms with E-state index in [-0.39, 0.29) is 11.3 Å². The van der Waals surface area contributed by atoms with Crippen LogP contribution in [0.3, 0.4) is 0 Å². The summed E-state index contributed by atoms with van der Waals surface area (Å²) in [5.41, 5.74) is 3.87. The van der Waals surface area contributed by atoms with E-state index in [2.05, 4.69) is 4.98 Å². The summed E-state index contributed by atoms with van der Waals surface area (Å²) in [5, 5.41) is 14.3. The number of hydrogen-bond donors (Lipinski definition) is 2. The molecule has 1 amide bonds. The van der Waals surface area contributed by atoms with Crippen molar-refractivity contribution in [3.63, 3.8) is 0 Å². The molecule has 1 unspecified atom stereocenters. The second-order valence-corrected chi connectivity index (χ2v) is 8.86. The molecule has 1 aromatic heterocycles. The molecule has 1 saturated heterocycles. The number of nitrogens with one attached hydrogen (secondary N) is 1. The molecule has 0 saturated carbocycles. The zero-order valence-corrected chi connectivity index (χ0v) is 19.0. The topological polar surface area (TPSA) is 73.4 Å². The molecule has 6 rings (SSSR count). The molecular weight excluding hydrogens is 436 g/mol. The van der Waals surface area contributed by atoms with Crippen LogP contribution in [-0.4, -0.2) is 21.8 Å². The number of carbonyl (C=O) groups is 2. The van der Waals surface area contributed by atoms with Crippen molar-refractivity contribution >= 4 is 44.8 Å². The average molecular weight is 459 g/mol. The Morgan fingerprint density at radius 3 is 2.37 bits per heavy atom. The molecule has 1 aliphatic heterocycles. The highest BCUT2D eigenvalue weighted by Gasteiger charge is 2.47. The highest BCUT2D eigenvalue weighted by atomic mass is 16.3. The minimum Gasteiger partial charge on any atom is -0.507 e. The highest BCUT2D eigenvalue weighted by molar-refractivity contribution is 6.52. The number of ketones is 1. The van der Waals surface area contributed by atoms with Crippen LogP contribution in [0.4, 0.5) is 5.69 Å². The Labute approximate surface area is 201 Å². The van der Waals surface area contributed by atoms with Crippen LogP contribution in [0.25, 0.3) is 27.4 Å². The quantitative estimate of drug-likeness (QED) is 0.190. The van der Waals surface area contributed by atoms with Gasteiger partial charge in [-0.3, -0.25) is 14.5 Å². The molecule has 170 valence electrons. The summed E-state index contributed by atoms with van der Waals surface area (Å²) < 4.78 is 0. The minimum atomic E-state index is -0.777. The third kappa shape index (κ3) is 3.32. The van der Waals surface area contributed by atoms with Crippen molar-refractivity contribution in [2.75, 3.05) is 4.90 Å². The number of benzene rings is 4. The summed E-state index contributed by atoms with van der Waals surface area (Å²) >= 11 is 0. The van der Waals surface area contributed by atoms with E-state index >= 15 is 0 Å². The molecule has 4 aromatic carbocycles. The summed E-state index contributed by atoms with van der Waals surface area (Å²) in [6.45, 7) is 1.97. The third-order valence-electron chi connectivity index (χ3n) is 6.70. The Morgan fingerprint density at radius 1 is 0.857 bits per heavy atom. The Bertz CT molecular complexity index is 1660. The van der Waals surface area contributed by atoms with E-state index in [1.54, 1.807) is 6.07 Å². The zero-order valence-electron chi connectivity index (χ0n) is 19.0. The highest BCUT2D eigenvalue weighted by Crippen LogP contribution is 2.44. The van der Waals surface area contributed by atoms with Gasteiger partial charge in [-0.1, -0.05) is 72.3 Å². The van der Waals surface area contributed by atoms with Crippen molar-refractivity contribution in [1.29, 1.82) is 0 Å². The maximum Gasteiger partial charge on any atom is 0.300 e. The second-order valence-electron chi connectivity index (χ2n) is 8.86. The molecule has 0 spiro atoms. The number of aliphatic hydroxyl groups is 1. The van der Waals surface area contributed by atoms with Crippen LogP contribution in [0, 0.1) is 6.92 Å². The first kappa shape index (κ1) is 20.9. The van der Waals surface area contributed by atoms with Gasteiger partial charge >= 0.3 is 0 Å². The molecule has 1 atom stereocenters. The third-order valence-corrected chi connectivity index (χ3v) is 6.70. The number of rotatable bonds is 3. The molecule has 0 radical (unpaired) electrons. The molecule has 1 fully saturated rings. The monoisotopic (exact) mass is 458 g/mol. The Balaban J connectivity index is 1.61. The molecule has 5 nitrogen and oxygen atoms in total. The van der Waals surface area contributed by atoms with Gasteiger partial charge in [-0.05, 0) is 42.0 Å². The molecule has 2 heterocycles. The van der Waals surface area contributed by atoms with Crippen LogP contribution < -0.4 is 4.90 Å². The van der Waals surface area contributed by atoms with E-state index in [0.29, 0.717) is 11.3 Å². The summed E-state index contributed by atoms with van der Waals surface area (Å²) in [6, 6.07) is 27.8. The normalized spacial score (nSPS) is 17.5. The number of nitrogens with zero attached hydrogens (tertiary/aromatic N) is 1. The Hall–Kier alpha value is -4.64. The van der Waals surface area contributed by atoms with E-state index in [1.807, 2.05) is 98.0 Å². The van der Waals surface area contributed by atoms with Crippen LogP contribution in [0.5, 0.6) is 0 Å². The van der Waals surface area contributed by atoms with Gasteiger partial charge in [0, 0.05) is 33.9 Å². The molecule has 5 aromatic rings. The number of aromatic nitrogens is 1. The fraction of sp³-hybridized carbons (Fsp3) is 0.0667. The summed E-state index contributed by atoms with van der Waals surface area (Å²) in [5.74, 6) is -1.54.